The molecule has 1 heterocycles. The number of carbonyl (C=O) groups is 4. The highest BCUT2D eigenvalue weighted by Gasteiger charge is 2.30. The number of rotatable bonds is 13. The first kappa shape index (κ1) is 26.3. The molecular formula is C23H35N5O5. The highest BCUT2D eigenvalue weighted by atomic mass is 16.4. The molecule has 1 aromatic rings. The molecule has 33 heavy (non-hydrogen) atoms. The van der Waals surface area contributed by atoms with Crippen molar-refractivity contribution < 1.29 is 24.3 Å². The Hall–Kier alpha value is -2.98. The molecule has 0 bridgehead atoms. The summed E-state index contributed by atoms with van der Waals surface area (Å²) in [7, 11) is 0. The van der Waals surface area contributed by atoms with Crippen LogP contribution in [0.25, 0.3) is 0 Å². The SMILES string of the molecule is CC(NC(=O)C(CCCCN)NC(=O)C(Cc1ccccc1)NC(=O)C1CCCN1)C(=O)O. The normalized spacial score (nSPS) is 18.1. The van der Waals surface area contributed by atoms with Gasteiger partial charge in [-0.3, -0.25) is 19.2 Å². The lowest BCUT2D eigenvalue weighted by atomic mass is 10.0. The van der Waals surface area contributed by atoms with E-state index in [4.69, 9.17) is 10.8 Å². The number of amides is 3. The van der Waals surface area contributed by atoms with Crippen LogP contribution >= 0.6 is 0 Å². The fourth-order valence-corrected chi connectivity index (χ4v) is 3.65. The molecule has 1 aliphatic heterocycles. The highest BCUT2D eigenvalue weighted by molar-refractivity contribution is 5.94. The van der Waals surface area contributed by atoms with Crippen molar-refractivity contribution in [1.82, 2.24) is 21.3 Å². The van der Waals surface area contributed by atoms with Crippen LogP contribution in [-0.2, 0) is 25.6 Å². The van der Waals surface area contributed by atoms with Crippen LogP contribution in [0.1, 0.15) is 44.6 Å². The zero-order valence-electron chi connectivity index (χ0n) is 19.0. The first-order chi connectivity index (χ1) is 15.8. The maximum atomic E-state index is 13.2. The molecule has 0 aliphatic carbocycles. The predicted molar refractivity (Wildman–Crippen MR) is 123 cm³/mol. The summed E-state index contributed by atoms with van der Waals surface area (Å²) >= 11 is 0. The van der Waals surface area contributed by atoms with Gasteiger partial charge in [0.1, 0.15) is 18.1 Å². The third-order valence-corrected chi connectivity index (χ3v) is 5.60. The molecule has 0 radical (unpaired) electrons. The minimum Gasteiger partial charge on any atom is -0.480 e. The highest BCUT2D eigenvalue weighted by Crippen LogP contribution is 2.09. The molecule has 0 spiro atoms. The van der Waals surface area contributed by atoms with E-state index >= 15 is 0 Å². The molecule has 1 aromatic carbocycles. The number of benzene rings is 1. The Bertz CT molecular complexity index is 798. The van der Waals surface area contributed by atoms with E-state index in [1.54, 1.807) is 0 Å². The van der Waals surface area contributed by atoms with E-state index < -0.39 is 35.9 Å². The van der Waals surface area contributed by atoms with Crippen LogP contribution in [0, 0.1) is 0 Å². The number of carboxylic acids is 1. The smallest absolute Gasteiger partial charge is 0.325 e. The number of hydrogen-bond acceptors (Lipinski definition) is 6. The van der Waals surface area contributed by atoms with Gasteiger partial charge in [0.15, 0.2) is 0 Å². The van der Waals surface area contributed by atoms with Crippen molar-refractivity contribution in [1.29, 1.82) is 0 Å². The zero-order chi connectivity index (χ0) is 24.2. The average Bonchev–Trinajstić information content (AvgIpc) is 3.33. The van der Waals surface area contributed by atoms with Crippen molar-refractivity contribution in [3.05, 3.63) is 35.9 Å². The van der Waals surface area contributed by atoms with Crippen LogP contribution in [0.4, 0.5) is 0 Å². The largest absolute Gasteiger partial charge is 0.480 e. The Kier molecular flexibility index (Phi) is 10.8. The zero-order valence-corrected chi connectivity index (χ0v) is 19.0. The second-order valence-electron chi connectivity index (χ2n) is 8.31. The molecule has 1 saturated heterocycles. The van der Waals surface area contributed by atoms with E-state index in [1.807, 2.05) is 30.3 Å². The van der Waals surface area contributed by atoms with Gasteiger partial charge in [-0.05, 0) is 57.7 Å². The molecule has 10 heteroatoms. The number of carboxylic acid groups (broad SMARTS) is 1. The molecule has 3 amide bonds. The summed E-state index contributed by atoms with van der Waals surface area (Å²) in [6.07, 6.45) is 3.39. The van der Waals surface area contributed by atoms with Gasteiger partial charge in [0.05, 0.1) is 6.04 Å². The molecule has 2 rings (SSSR count). The lowest BCUT2D eigenvalue weighted by Gasteiger charge is -2.25. The number of hydrogen-bond donors (Lipinski definition) is 6. The van der Waals surface area contributed by atoms with Crippen molar-refractivity contribution in [2.45, 2.75) is 69.6 Å². The Morgan fingerprint density at radius 3 is 2.36 bits per heavy atom. The molecular weight excluding hydrogens is 426 g/mol. The van der Waals surface area contributed by atoms with Gasteiger partial charge in [-0.1, -0.05) is 30.3 Å². The van der Waals surface area contributed by atoms with E-state index in [-0.39, 0.29) is 18.4 Å². The van der Waals surface area contributed by atoms with Gasteiger partial charge in [-0.15, -0.1) is 0 Å². The van der Waals surface area contributed by atoms with Crippen LogP contribution in [0.5, 0.6) is 0 Å². The molecule has 0 aromatic heterocycles. The lowest BCUT2D eigenvalue weighted by molar-refractivity contribution is -0.141. The minimum absolute atomic E-state index is 0.257. The average molecular weight is 462 g/mol. The van der Waals surface area contributed by atoms with Gasteiger partial charge in [-0.25, -0.2) is 0 Å². The van der Waals surface area contributed by atoms with Crippen LogP contribution < -0.4 is 27.0 Å². The number of nitrogens with two attached hydrogens (primary N) is 1. The van der Waals surface area contributed by atoms with Gasteiger partial charge < -0.3 is 32.1 Å². The number of carbonyl (C=O) groups excluding carboxylic acids is 3. The summed E-state index contributed by atoms with van der Waals surface area (Å²) in [6, 6.07) is 6.01. The molecule has 10 nitrogen and oxygen atoms in total. The summed E-state index contributed by atoms with van der Waals surface area (Å²) in [5, 5.41) is 20.1. The van der Waals surface area contributed by atoms with Gasteiger partial charge in [0.2, 0.25) is 17.7 Å². The van der Waals surface area contributed by atoms with E-state index in [9.17, 15) is 19.2 Å². The van der Waals surface area contributed by atoms with Gasteiger partial charge in [0, 0.05) is 6.42 Å². The van der Waals surface area contributed by atoms with E-state index in [0.29, 0.717) is 32.2 Å². The number of aliphatic carboxylic acids is 1. The summed E-state index contributed by atoms with van der Waals surface area (Å²) in [5.41, 5.74) is 6.40. The molecule has 4 atom stereocenters. The van der Waals surface area contributed by atoms with E-state index in [2.05, 4.69) is 21.3 Å². The Labute approximate surface area is 194 Å². The van der Waals surface area contributed by atoms with E-state index in [0.717, 1.165) is 18.5 Å². The van der Waals surface area contributed by atoms with Crippen molar-refractivity contribution in [2.75, 3.05) is 13.1 Å². The summed E-state index contributed by atoms with van der Waals surface area (Å²) in [5.74, 6) is -2.51. The van der Waals surface area contributed by atoms with E-state index in [1.165, 1.54) is 6.92 Å². The van der Waals surface area contributed by atoms with Crippen molar-refractivity contribution in [2.24, 2.45) is 5.73 Å². The topological polar surface area (TPSA) is 163 Å². The minimum atomic E-state index is -1.17. The maximum absolute atomic E-state index is 13.2. The van der Waals surface area contributed by atoms with Crippen LogP contribution in [0.3, 0.4) is 0 Å². The molecule has 0 saturated carbocycles. The quantitative estimate of drug-likeness (QED) is 0.219. The fraction of sp³-hybridized carbons (Fsp3) is 0.565. The van der Waals surface area contributed by atoms with Crippen LogP contribution in [0.2, 0.25) is 0 Å². The first-order valence-corrected chi connectivity index (χ1v) is 11.4. The first-order valence-electron chi connectivity index (χ1n) is 11.4. The summed E-state index contributed by atoms with van der Waals surface area (Å²) in [6.45, 7) is 2.54. The van der Waals surface area contributed by atoms with Gasteiger partial charge in [0.25, 0.3) is 0 Å². The van der Waals surface area contributed by atoms with Gasteiger partial charge in [-0.2, -0.15) is 0 Å². The molecule has 1 fully saturated rings. The lowest BCUT2D eigenvalue weighted by Crippen LogP contribution is -2.57. The van der Waals surface area contributed by atoms with Crippen molar-refractivity contribution in [3.8, 4) is 0 Å². The fourth-order valence-electron chi connectivity index (χ4n) is 3.65. The van der Waals surface area contributed by atoms with Crippen molar-refractivity contribution >= 4 is 23.7 Å². The molecule has 1 aliphatic rings. The van der Waals surface area contributed by atoms with Crippen molar-refractivity contribution in [3.63, 3.8) is 0 Å². The third kappa shape index (κ3) is 8.82. The third-order valence-electron chi connectivity index (χ3n) is 5.60. The molecule has 7 N–H and O–H groups in total. The van der Waals surface area contributed by atoms with Crippen LogP contribution in [0.15, 0.2) is 30.3 Å². The van der Waals surface area contributed by atoms with Crippen LogP contribution in [-0.4, -0.2) is 66.1 Å². The number of nitrogens with one attached hydrogen (secondary N) is 4. The Morgan fingerprint density at radius 2 is 1.76 bits per heavy atom. The van der Waals surface area contributed by atoms with Gasteiger partial charge >= 0.3 is 5.97 Å². The summed E-state index contributed by atoms with van der Waals surface area (Å²) in [4.78, 5) is 49.7. The Morgan fingerprint density at radius 1 is 1.06 bits per heavy atom. The standard InChI is InChI=1S/C23H35N5O5/c1-15(23(32)33)26-21(30)18(10-5-6-12-24)27-22(31)19(14-16-8-3-2-4-9-16)28-20(29)17-11-7-13-25-17/h2-4,8-9,15,17-19,25H,5-7,10-14,24H2,1H3,(H,26,30)(H,27,31)(H,28,29)(H,32,33). The molecule has 4 unspecified atom stereocenters. The monoisotopic (exact) mass is 461 g/mol. The maximum Gasteiger partial charge on any atom is 0.325 e. The molecule has 182 valence electrons. The predicted octanol–water partition coefficient (Wildman–Crippen LogP) is -0.331. The Balaban J connectivity index is 2.13. The second kappa shape index (κ2) is 13.5. The number of unbranched alkanes of at least 4 members (excludes halogenated alkanes) is 1. The second-order valence-corrected chi connectivity index (χ2v) is 8.31. The summed E-state index contributed by atoms with van der Waals surface area (Å²) < 4.78 is 0.